The number of nitrogens with two attached hydrogens (primary N) is 1. The summed E-state index contributed by atoms with van der Waals surface area (Å²) in [6.45, 7) is 4.20. The van der Waals surface area contributed by atoms with E-state index < -0.39 is 0 Å². The van der Waals surface area contributed by atoms with Gasteiger partial charge in [-0.05, 0) is 38.1 Å². The van der Waals surface area contributed by atoms with Gasteiger partial charge in [-0.25, -0.2) is 9.78 Å². The van der Waals surface area contributed by atoms with Crippen LogP contribution in [0.3, 0.4) is 0 Å². The van der Waals surface area contributed by atoms with E-state index in [0.717, 1.165) is 29.0 Å². The van der Waals surface area contributed by atoms with Crippen LogP contribution in [0.1, 0.15) is 12.2 Å². The number of rotatable bonds is 3. The lowest BCUT2D eigenvalue weighted by atomic mass is 10.2. The highest BCUT2D eigenvalue weighted by atomic mass is 16.5. The first-order valence-corrected chi connectivity index (χ1v) is 7.49. The van der Waals surface area contributed by atoms with E-state index in [0.29, 0.717) is 26.2 Å². The van der Waals surface area contributed by atoms with Gasteiger partial charge in [-0.2, -0.15) is 0 Å². The number of imidazole rings is 1. The number of fused-ring (bicyclic) bond motifs is 1. The highest BCUT2D eigenvalue weighted by Crippen LogP contribution is 2.18. The molecular formula is C15H21N5O2. The highest BCUT2D eigenvalue weighted by molar-refractivity contribution is 5.92. The smallest absolute Gasteiger partial charge is 0.322 e. The molecule has 7 nitrogen and oxygen atoms in total. The summed E-state index contributed by atoms with van der Waals surface area (Å²) in [7, 11) is 0. The van der Waals surface area contributed by atoms with Crippen molar-refractivity contribution in [1.82, 2.24) is 14.9 Å². The Kier molecular flexibility index (Phi) is 4.26. The van der Waals surface area contributed by atoms with Crippen LogP contribution < -0.4 is 11.1 Å². The van der Waals surface area contributed by atoms with Gasteiger partial charge in [0.15, 0.2) is 0 Å². The largest absolute Gasteiger partial charge is 0.374 e. The number of amides is 2. The van der Waals surface area contributed by atoms with Gasteiger partial charge in [-0.1, -0.05) is 0 Å². The summed E-state index contributed by atoms with van der Waals surface area (Å²) in [4.78, 5) is 21.6. The summed E-state index contributed by atoms with van der Waals surface area (Å²) in [5.41, 5.74) is 8.11. The number of urea groups is 1. The number of morpholine rings is 1. The number of aromatic nitrogens is 2. The van der Waals surface area contributed by atoms with Crippen LogP contribution in [-0.2, 0) is 4.74 Å². The third kappa shape index (κ3) is 3.20. The Balaban J connectivity index is 1.66. The van der Waals surface area contributed by atoms with E-state index in [1.54, 1.807) is 4.90 Å². The van der Waals surface area contributed by atoms with Crippen LogP contribution in [-0.4, -0.2) is 53.2 Å². The fraction of sp³-hybridized carbons (Fsp3) is 0.467. The number of anilines is 1. The third-order valence-electron chi connectivity index (χ3n) is 3.77. The minimum Gasteiger partial charge on any atom is -0.374 e. The molecule has 2 amide bonds. The molecule has 7 heteroatoms. The van der Waals surface area contributed by atoms with Gasteiger partial charge in [0.1, 0.15) is 5.82 Å². The maximum absolute atomic E-state index is 12.4. The predicted octanol–water partition coefficient (Wildman–Crippen LogP) is 1.45. The maximum Gasteiger partial charge on any atom is 0.322 e. The van der Waals surface area contributed by atoms with Crippen LogP contribution in [0.2, 0.25) is 0 Å². The van der Waals surface area contributed by atoms with E-state index in [-0.39, 0.29) is 12.1 Å². The predicted molar refractivity (Wildman–Crippen MR) is 84.8 cm³/mol. The summed E-state index contributed by atoms with van der Waals surface area (Å²) >= 11 is 0. The molecule has 1 saturated heterocycles. The minimum absolute atomic E-state index is 0.0298. The Morgan fingerprint density at radius 1 is 1.59 bits per heavy atom. The van der Waals surface area contributed by atoms with Crippen LogP contribution in [0.4, 0.5) is 10.5 Å². The van der Waals surface area contributed by atoms with E-state index in [2.05, 4.69) is 15.3 Å². The fourth-order valence-corrected chi connectivity index (χ4v) is 2.68. The number of hydrogen-bond acceptors (Lipinski definition) is 4. The molecule has 2 heterocycles. The first-order valence-electron chi connectivity index (χ1n) is 7.49. The maximum atomic E-state index is 12.4. The summed E-state index contributed by atoms with van der Waals surface area (Å²) in [5.74, 6) is 0.858. The number of aromatic amines is 1. The summed E-state index contributed by atoms with van der Waals surface area (Å²) in [5, 5.41) is 2.93. The second kappa shape index (κ2) is 6.33. The highest BCUT2D eigenvalue weighted by Gasteiger charge is 2.23. The van der Waals surface area contributed by atoms with Crippen molar-refractivity contribution in [2.24, 2.45) is 5.73 Å². The molecule has 2 aromatic rings. The molecule has 1 aromatic carbocycles. The number of hydrogen-bond donors (Lipinski definition) is 3. The van der Waals surface area contributed by atoms with Crippen molar-refractivity contribution in [2.45, 2.75) is 19.4 Å². The number of nitrogens with zero attached hydrogens (tertiary/aromatic N) is 2. The lowest BCUT2D eigenvalue weighted by molar-refractivity contribution is -0.0146. The second-order valence-electron chi connectivity index (χ2n) is 5.50. The molecule has 0 radical (unpaired) electrons. The number of nitrogens with one attached hydrogen (secondary N) is 2. The minimum atomic E-state index is -0.110. The van der Waals surface area contributed by atoms with Gasteiger partial charge in [0.05, 0.1) is 23.7 Å². The van der Waals surface area contributed by atoms with Crippen LogP contribution in [0.25, 0.3) is 11.0 Å². The molecular weight excluding hydrogens is 282 g/mol. The Morgan fingerprint density at radius 3 is 3.27 bits per heavy atom. The number of benzene rings is 1. The lowest BCUT2D eigenvalue weighted by Crippen LogP contribution is -2.47. The van der Waals surface area contributed by atoms with Crippen molar-refractivity contribution in [1.29, 1.82) is 0 Å². The first-order chi connectivity index (χ1) is 10.7. The zero-order chi connectivity index (χ0) is 15.5. The number of carbonyl (C=O) groups excluding carboxylic acids is 1. The van der Waals surface area contributed by atoms with Crippen molar-refractivity contribution < 1.29 is 9.53 Å². The first kappa shape index (κ1) is 14.8. The SMILES string of the molecule is Cc1nc2ccc(NC(=O)N3CCO[C@H](CCN)C3)cc2[nH]1. The summed E-state index contributed by atoms with van der Waals surface area (Å²) in [6, 6.07) is 5.54. The van der Waals surface area contributed by atoms with Crippen LogP contribution >= 0.6 is 0 Å². The zero-order valence-electron chi connectivity index (χ0n) is 12.6. The Morgan fingerprint density at radius 2 is 2.45 bits per heavy atom. The topological polar surface area (TPSA) is 96.3 Å². The second-order valence-corrected chi connectivity index (χ2v) is 5.50. The van der Waals surface area contributed by atoms with Gasteiger partial charge in [0.2, 0.25) is 0 Å². The van der Waals surface area contributed by atoms with E-state index in [4.69, 9.17) is 10.5 Å². The van der Waals surface area contributed by atoms with Gasteiger partial charge in [-0.3, -0.25) is 0 Å². The number of aryl methyl sites for hydroxylation is 1. The molecule has 1 aliphatic rings. The molecule has 1 atom stereocenters. The molecule has 4 N–H and O–H groups in total. The third-order valence-corrected chi connectivity index (χ3v) is 3.77. The van der Waals surface area contributed by atoms with Crippen molar-refractivity contribution in [3.63, 3.8) is 0 Å². The van der Waals surface area contributed by atoms with Gasteiger partial charge < -0.3 is 25.7 Å². The molecule has 22 heavy (non-hydrogen) atoms. The van der Waals surface area contributed by atoms with E-state index >= 15 is 0 Å². The molecule has 0 aliphatic carbocycles. The molecule has 1 fully saturated rings. The van der Waals surface area contributed by atoms with Crippen molar-refractivity contribution in [3.05, 3.63) is 24.0 Å². The Hall–Kier alpha value is -2.12. The standard InChI is InChI=1S/C15H21N5O2/c1-10-17-13-3-2-11(8-14(13)18-10)19-15(21)20-6-7-22-12(9-20)4-5-16/h2-3,8,12H,4-7,9,16H2,1H3,(H,17,18)(H,19,21)/t12-/m1/s1. The molecule has 0 spiro atoms. The van der Waals surface area contributed by atoms with E-state index in [1.807, 2.05) is 25.1 Å². The molecule has 1 aliphatic heterocycles. The number of carbonyl (C=O) groups is 1. The number of ether oxygens (including phenoxy) is 1. The quantitative estimate of drug-likeness (QED) is 0.799. The Bertz CT molecular complexity index is 667. The van der Waals surface area contributed by atoms with Crippen molar-refractivity contribution in [3.8, 4) is 0 Å². The lowest BCUT2D eigenvalue weighted by Gasteiger charge is -2.32. The van der Waals surface area contributed by atoms with Gasteiger partial charge >= 0.3 is 6.03 Å². The molecule has 1 aromatic heterocycles. The zero-order valence-corrected chi connectivity index (χ0v) is 12.6. The monoisotopic (exact) mass is 303 g/mol. The van der Waals surface area contributed by atoms with Crippen molar-refractivity contribution in [2.75, 3.05) is 31.6 Å². The van der Waals surface area contributed by atoms with Crippen LogP contribution in [0.15, 0.2) is 18.2 Å². The number of H-pyrrole nitrogens is 1. The van der Waals surface area contributed by atoms with Crippen LogP contribution in [0.5, 0.6) is 0 Å². The fourth-order valence-electron chi connectivity index (χ4n) is 2.68. The molecule has 0 saturated carbocycles. The van der Waals surface area contributed by atoms with E-state index in [9.17, 15) is 4.79 Å². The summed E-state index contributed by atoms with van der Waals surface area (Å²) in [6.07, 6.45) is 0.797. The molecule has 3 rings (SSSR count). The van der Waals surface area contributed by atoms with Crippen LogP contribution in [0, 0.1) is 6.92 Å². The van der Waals surface area contributed by atoms with Gasteiger partial charge in [-0.15, -0.1) is 0 Å². The van der Waals surface area contributed by atoms with Gasteiger partial charge in [0.25, 0.3) is 0 Å². The normalized spacial score (nSPS) is 18.6. The molecule has 0 unspecified atom stereocenters. The Labute approximate surface area is 128 Å². The average Bonchev–Trinajstić information content (AvgIpc) is 2.87. The average molecular weight is 303 g/mol. The molecule has 0 bridgehead atoms. The summed E-state index contributed by atoms with van der Waals surface area (Å²) < 4.78 is 5.59. The van der Waals surface area contributed by atoms with Gasteiger partial charge in [0, 0.05) is 18.8 Å². The van der Waals surface area contributed by atoms with Crippen molar-refractivity contribution >= 4 is 22.8 Å². The molecule has 118 valence electrons. The van der Waals surface area contributed by atoms with E-state index in [1.165, 1.54) is 0 Å².